The topological polar surface area (TPSA) is 95.2 Å². The highest BCUT2D eigenvalue weighted by Gasteiger charge is 2.36. The fourth-order valence-corrected chi connectivity index (χ4v) is 5.09. The molecule has 0 radical (unpaired) electrons. The molecule has 1 N–H and O–H groups in total. The van der Waals surface area contributed by atoms with Gasteiger partial charge in [0.1, 0.15) is 16.1 Å². The van der Waals surface area contributed by atoms with E-state index in [1.165, 1.54) is 21.1 Å². The van der Waals surface area contributed by atoms with E-state index in [0.717, 1.165) is 25.7 Å². The van der Waals surface area contributed by atoms with Crippen LogP contribution in [0, 0.1) is 11.3 Å². The highest BCUT2D eigenvalue weighted by atomic mass is 32.2. The molecule has 1 aromatic rings. The van der Waals surface area contributed by atoms with Crippen LogP contribution in [-0.2, 0) is 17.1 Å². The lowest BCUT2D eigenvalue weighted by atomic mass is 10.00. The van der Waals surface area contributed by atoms with Crippen LogP contribution in [0.2, 0.25) is 0 Å². The maximum Gasteiger partial charge on any atom is 0.269 e. The zero-order valence-electron chi connectivity index (χ0n) is 13.8. The van der Waals surface area contributed by atoms with Crippen LogP contribution in [0.15, 0.2) is 17.2 Å². The molecule has 24 heavy (non-hydrogen) atoms. The Balaban J connectivity index is 1.84. The number of amides is 1. The van der Waals surface area contributed by atoms with Crippen molar-refractivity contribution in [2.24, 2.45) is 7.05 Å². The van der Waals surface area contributed by atoms with E-state index in [2.05, 4.69) is 11.4 Å². The fourth-order valence-electron chi connectivity index (χ4n) is 3.50. The molecule has 2 fully saturated rings. The first-order valence-electron chi connectivity index (χ1n) is 8.28. The lowest BCUT2D eigenvalue weighted by Gasteiger charge is -2.21. The number of hydrogen-bond acceptors (Lipinski definition) is 4. The average Bonchev–Trinajstić information content (AvgIpc) is 3.28. The number of nitrogens with one attached hydrogen (secondary N) is 1. The zero-order chi connectivity index (χ0) is 17.4. The number of nitriles is 1. The van der Waals surface area contributed by atoms with Crippen molar-refractivity contribution in [3.8, 4) is 6.07 Å². The molecule has 0 bridgehead atoms. The van der Waals surface area contributed by atoms with Gasteiger partial charge in [0.2, 0.25) is 10.0 Å². The van der Waals surface area contributed by atoms with Gasteiger partial charge in [0, 0.05) is 26.3 Å². The zero-order valence-corrected chi connectivity index (χ0v) is 14.6. The standard InChI is InChI=1S/C16H22N4O3S/c1-19-11-13(24(22,23)20-8-4-5-9-20)10-14(19)15(21)18-16(12-17)6-2-3-7-16/h10-11H,2-9H2,1H3,(H,18,21). The number of hydrogen-bond donors (Lipinski definition) is 1. The van der Waals surface area contributed by atoms with Crippen LogP contribution in [-0.4, -0.2) is 41.8 Å². The summed E-state index contributed by atoms with van der Waals surface area (Å²) in [5, 5.41) is 12.2. The predicted molar refractivity (Wildman–Crippen MR) is 87.7 cm³/mol. The molecular formula is C16H22N4O3S. The van der Waals surface area contributed by atoms with Crippen molar-refractivity contribution in [2.75, 3.05) is 13.1 Å². The molecule has 8 heteroatoms. The van der Waals surface area contributed by atoms with Gasteiger partial charge in [0.15, 0.2) is 0 Å². The van der Waals surface area contributed by atoms with E-state index in [9.17, 15) is 18.5 Å². The molecule has 0 spiro atoms. The summed E-state index contributed by atoms with van der Waals surface area (Å²) in [7, 11) is -1.91. The van der Waals surface area contributed by atoms with Crippen molar-refractivity contribution in [2.45, 2.75) is 49.0 Å². The minimum atomic E-state index is -3.55. The molecule has 1 saturated carbocycles. The second-order valence-corrected chi connectivity index (χ2v) is 8.58. The summed E-state index contributed by atoms with van der Waals surface area (Å²) in [4.78, 5) is 12.7. The Kier molecular flexibility index (Phi) is 4.40. The minimum Gasteiger partial charge on any atom is -0.345 e. The third kappa shape index (κ3) is 2.94. The summed E-state index contributed by atoms with van der Waals surface area (Å²) in [5.41, 5.74) is -0.565. The van der Waals surface area contributed by atoms with Crippen LogP contribution in [0.5, 0.6) is 0 Å². The van der Waals surface area contributed by atoms with Gasteiger partial charge in [0.05, 0.1) is 6.07 Å². The van der Waals surface area contributed by atoms with Gasteiger partial charge in [-0.1, -0.05) is 0 Å². The molecule has 0 aromatic carbocycles. The SMILES string of the molecule is Cn1cc(S(=O)(=O)N2CCCC2)cc1C(=O)NC1(C#N)CCCC1. The van der Waals surface area contributed by atoms with Gasteiger partial charge in [-0.25, -0.2) is 8.42 Å². The summed E-state index contributed by atoms with van der Waals surface area (Å²) < 4.78 is 28.2. The number of rotatable bonds is 4. The summed E-state index contributed by atoms with van der Waals surface area (Å²) in [6.07, 6.45) is 6.30. The average molecular weight is 350 g/mol. The smallest absolute Gasteiger partial charge is 0.269 e. The van der Waals surface area contributed by atoms with E-state index < -0.39 is 21.5 Å². The van der Waals surface area contributed by atoms with Crippen LogP contribution in [0.1, 0.15) is 49.0 Å². The van der Waals surface area contributed by atoms with E-state index in [1.807, 2.05) is 0 Å². The largest absolute Gasteiger partial charge is 0.345 e. The Morgan fingerprint density at radius 1 is 1.25 bits per heavy atom. The number of carbonyl (C=O) groups is 1. The van der Waals surface area contributed by atoms with Gasteiger partial charge in [-0.3, -0.25) is 4.79 Å². The van der Waals surface area contributed by atoms with Crippen molar-refractivity contribution < 1.29 is 13.2 Å². The van der Waals surface area contributed by atoms with Crippen molar-refractivity contribution in [1.29, 1.82) is 5.26 Å². The first kappa shape index (κ1) is 17.0. The Labute approximate surface area is 142 Å². The number of nitrogens with zero attached hydrogens (tertiary/aromatic N) is 3. The molecule has 2 aliphatic rings. The normalized spacial score (nSPS) is 20.8. The van der Waals surface area contributed by atoms with Crippen molar-refractivity contribution in [1.82, 2.24) is 14.2 Å². The molecule has 1 aromatic heterocycles. The summed E-state index contributed by atoms with van der Waals surface area (Å²) in [6, 6.07) is 3.62. The minimum absolute atomic E-state index is 0.134. The molecule has 7 nitrogen and oxygen atoms in total. The molecule has 1 aliphatic heterocycles. The molecule has 1 aliphatic carbocycles. The van der Waals surface area contributed by atoms with Crippen LogP contribution < -0.4 is 5.32 Å². The molecule has 0 atom stereocenters. The van der Waals surface area contributed by atoms with Crippen molar-refractivity contribution in [3.63, 3.8) is 0 Å². The number of aryl methyl sites for hydroxylation is 1. The van der Waals surface area contributed by atoms with E-state index in [1.54, 1.807) is 7.05 Å². The van der Waals surface area contributed by atoms with E-state index in [4.69, 9.17) is 0 Å². The van der Waals surface area contributed by atoms with Crippen LogP contribution in [0.4, 0.5) is 0 Å². The van der Waals surface area contributed by atoms with Crippen molar-refractivity contribution >= 4 is 15.9 Å². The van der Waals surface area contributed by atoms with Gasteiger partial charge in [-0.05, 0) is 44.6 Å². The summed E-state index contributed by atoms with van der Waals surface area (Å²) in [5.74, 6) is -0.399. The van der Waals surface area contributed by atoms with Crippen LogP contribution in [0.25, 0.3) is 0 Å². The molecular weight excluding hydrogens is 328 g/mol. The molecule has 0 unspecified atom stereocenters. The number of carbonyl (C=O) groups excluding carboxylic acids is 1. The highest BCUT2D eigenvalue weighted by molar-refractivity contribution is 7.89. The predicted octanol–water partition coefficient (Wildman–Crippen LogP) is 1.38. The van der Waals surface area contributed by atoms with Gasteiger partial charge in [-0.2, -0.15) is 9.57 Å². The Morgan fingerprint density at radius 3 is 2.46 bits per heavy atom. The van der Waals surface area contributed by atoms with E-state index in [0.29, 0.717) is 25.9 Å². The Morgan fingerprint density at radius 2 is 1.88 bits per heavy atom. The third-order valence-corrected chi connectivity index (χ3v) is 6.80. The summed E-state index contributed by atoms with van der Waals surface area (Å²) >= 11 is 0. The van der Waals surface area contributed by atoms with Gasteiger partial charge < -0.3 is 9.88 Å². The Bertz CT molecular complexity index is 779. The summed E-state index contributed by atoms with van der Waals surface area (Å²) in [6.45, 7) is 1.05. The lowest BCUT2D eigenvalue weighted by molar-refractivity contribution is 0.0912. The maximum absolute atomic E-state index is 12.6. The van der Waals surface area contributed by atoms with E-state index >= 15 is 0 Å². The first-order chi connectivity index (χ1) is 11.4. The van der Waals surface area contributed by atoms with Gasteiger partial charge in [-0.15, -0.1) is 0 Å². The second kappa shape index (κ2) is 6.22. The second-order valence-electron chi connectivity index (χ2n) is 6.64. The molecule has 130 valence electrons. The van der Waals surface area contributed by atoms with Crippen molar-refractivity contribution in [3.05, 3.63) is 18.0 Å². The fraction of sp³-hybridized carbons (Fsp3) is 0.625. The molecule has 3 rings (SSSR count). The first-order valence-corrected chi connectivity index (χ1v) is 9.72. The highest BCUT2D eigenvalue weighted by Crippen LogP contribution is 2.29. The molecule has 2 heterocycles. The molecule has 1 saturated heterocycles. The van der Waals surface area contributed by atoms with Crippen LogP contribution >= 0.6 is 0 Å². The third-order valence-electron chi connectivity index (χ3n) is 4.94. The maximum atomic E-state index is 12.6. The van der Waals surface area contributed by atoms with Crippen LogP contribution in [0.3, 0.4) is 0 Å². The van der Waals surface area contributed by atoms with Gasteiger partial charge in [0.25, 0.3) is 5.91 Å². The lowest BCUT2D eigenvalue weighted by Crippen LogP contribution is -2.45. The Hall–Kier alpha value is -1.85. The van der Waals surface area contributed by atoms with E-state index in [-0.39, 0.29) is 10.6 Å². The van der Waals surface area contributed by atoms with Gasteiger partial charge >= 0.3 is 0 Å². The number of aromatic nitrogens is 1. The molecule has 1 amide bonds. The quantitative estimate of drug-likeness (QED) is 0.887. The number of sulfonamides is 1. The monoisotopic (exact) mass is 350 g/mol.